The number of benzene rings is 1. The number of anilines is 1. The molecule has 0 saturated carbocycles. The second kappa shape index (κ2) is 7.43. The number of rotatable bonds is 5. The first-order valence-corrected chi connectivity index (χ1v) is 8.36. The van der Waals surface area contributed by atoms with Crippen molar-refractivity contribution >= 4 is 23.5 Å². The van der Waals surface area contributed by atoms with Crippen LogP contribution in [0.1, 0.15) is 45.1 Å². The molecule has 1 saturated heterocycles. The Labute approximate surface area is 150 Å². The van der Waals surface area contributed by atoms with Gasteiger partial charge >= 0.3 is 5.97 Å². The molecule has 0 atom stereocenters. The Bertz CT molecular complexity index is 855. The van der Waals surface area contributed by atoms with Gasteiger partial charge < -0.3 is 19.4 Å². The topological polar surface area (TPSA) is 88.9 Å². The van der Waals surface area contributed by atoms with E-state index < -0.39 is 5.97 Å². The van der Waals surface area contributed by atoms with Crippen molar-refractivity contribution in [3.05, 3.63) is 53.0 Å². The summed E-state index contributed by atoms with van der Waals surface area (Å²) in [5.41, 5.74) is 1.52. The van der Waals surface area contributed by atoms with Gasteiger partial charge in [0.25, 0.3) is 5.91 Å². The van der Waals surface area contributed by atoms with Crippen LogP contribution in [0.3, 0.4) is 0 Å². The Morgan fingerprint density at radius 3 is 2.81 bits per heavy atom. The van der Waals surface area contributed by atoms with Gasteiger partial charge in [-0.15, -0.1) is 0 Å². The molecule has 136 valence electrons. The minimum atomic E-state index is -0.480. The van der Waals surface area contributed by atoms with Gasteiger partial charge in [0.2, 0.25) is 5.91 Å². The van der Waals surface area contributed by atoms with E-state index in [-0.39, 0.29) is 18.4 Å². The van der Waals surface area contributed by atoms with Gasteiger partial charge in [-0.3, -0.25) is 9.59 Å². The highest BCUT2D eigenvalue weighted by Crippen LogP contribution is 2.22. The van der Waals surface area contributed by atoms with Gasteiger partial charge in [0.15, 0.2) is 0 Å². The van der Waals surface area contributed by atoms with Gasteiger partial charge in [-0.2, -0.15) is 0 Å². The van der Waals surface area contributed by atoms with Gasteiger partial charge in [-0.05, 0) is 37.6 Å². The average molecular weight is 356 g/mol. The molecule has 0 radical (unpaired) electrons. The van der Waals surface area contributed by atoms with E-state index in [1.54, 1.807) is 36.1 Å². The van der Waals surface area contributed by atoms with Crippen LogP contribution in [0.4, 0.5) is 5.69 Å². The quantitative estimate of drug-likeness (QED) is 0.831. The van der Waals surface area contributed by atoms with Crippen LogP contribution in [0, 0.1) is 6.92 Å². The van der Waals surface area contributed by atoms with E-state index in [4.69, 9.17) is 4.42 Å². The molecule has 0 unspecified atom stereocenters. The standard InChI is InChI=1S/C19H20N2O5/c1-12-16(19(24)25-2)10-15(26-12)11-20-18(23)13-5-3-6-14(9-13)21-8-4-7-17(21)22/h3,5-6,9-10H,4,7-8,11H2,1-2H3,(H,20,23). The van der Waals surface area contributed by atoms with Gasteiger partial charge in [-0.25, -0.2) is 4.79 Å². The molecule has 0 aliphatic carbocycles. The molecule has 26 heavy (non-hydrogen) atoms. The number of methoxy groups -OCH3 is 1. The lowest BCUT2D eigenvalue weighted by Gasteiger charge is -2.16. The number of hydrogen-bond acceptors (Lipinski definition) is 5. The van der Waals surface area contributed by atoms with Crippen LogP contribution in [0.15, 0.2) is 34.7 Å². The van der Waals surface area contributed by atoms with Crippen LogP contribution in [-0.2, 0) is 16.1 Å². The number of amides is 2. The van der Waals surface area contributed by atoms with Crippen molar-refractivity contribution in [2.24, 2.45) is 0 Å². The number of furan rings is 1. The first kappa shape index (κ1) is 17.7. The van der Waals surface area contributed by atoms with E-state index in [1.165, 1.54) is 7.11 Å². The lowest BCUT2D eigenvalue weighted by Crippen LogP contribution is -2.25. The van der Waals surface area contributed by atoms with Crippen LogP contribution in [0.5, 0.6) is 0 Å². The van der Waals surface area contributed by atoms with E-state index in [0.29, 0.717) is 35.6 Å². The number of esters is 1. The molecule has 0 spiro atoms. The third-order valence-electron chi connectivity index (χ3n) is 4.29. The number of carbonyl (C=O) groups excluding carboxylic acids is 3. The zero-order chi connectivity index (χ0) is 18.7. The molecule has 2 amide bonds. The highest BCUT2D eigenvalue weighted by Gasteiger charge is 2.22. The van der Waals surface area contributed by atoms with Gasteiger partial charge in [0.1, 0.15) is 17.1 Å². The maximum absolute atomic E-state index is 12.4. The third kappa shape index (κ3) is 3.61. The summed E-state index contributed by atoms with van der Waals surface area (Å²) < 4.78 is 10.2. The second-order valence-electron chi connectivity index (χ2n) is 6.06. The second-order valence-corrected chi connectivity index (χ2v) is 6.06. The lowest BCUT2D eigenvalue weighted by molar-refractivity contribution is -0.117. The van der Waals surface area contributed by atoms with Crippen molar-refractivity contribution < 1.29 is 23.5 Å². The molecule has 2 heterocycles. The molecule has 7 heteroatoms. The molecule has 1 aromatic carbocycles. The number of aryl methyl sites for hydroxylation is 1. The number of nitrogens with zero attached hydrogens (tertiary/aromatic N) is 1. The molecule has 3 rings (SSSR count). The van der Waals surface area contributed by atoms with E-state index in [2.05, 4.69) is 10.1 Å². The minimum absolute atomic E-state index is 0.0731. The summed E-state index contributed by atoms with van der Waals surface area (Å²) in [6.45, 7) is 2.48. The van der Waals surface area contributed by atoms with Crippen molar-refractivity contribution in [1.29, 1.82) is 0 Å². The van der Waals surface area contributed by atoms with E-state index in [0.717, 1.165) is 12.1 Å². The first-order chi connectivity index (χ1) is 12.5. The van der Waals surface area contributed by atoms with Crippen molar-refractivity contribution in [2.75, 3.05) is 18.6 Å². The maximum Gasteiger partial charge on any atom is 0.341 e. The molecule has 0 bridgehead atoms. The summed E-state index contributed by atoms with van der Waals surface area (Å²) in [7, 11) is 1.30. The normalized spacial score (nSPS) is 13.8. The highest BCUT2D eigenvalue weighted by atomic mass is 16.5. The number of nitrogens with one attached hydrogen (secondary N) is 1. The number of ether oxygens (including phenoxy) is 1. The molecule has 1 aromatic heterocycles. The molecule has 1 fully saturated rings. The van der Waals surface area contributed by atoms with Gasteiger partial charge in [0, 0.05) is 24.2 Å². The number of carbonyl (C=O) groups is 3. The predicted molar refractivity (Wildman–Crippen MR) is 94.0 cm³/mol. The van der Waals surface area contributed by atoms with E-state index >= 15 is 0 Å². The lowest BCUT2D eigenvalue weighted by atomic mass is 10.1. The van der Waals surface area contributed by atoms with Crippen LogP contribution in [0.25, 0.3) is 0 Å². The summed E-state index contributed by atoms with van der Waals surface area (Å²) in [6.07, 6.45) is 1.37. The Morgan fingerprint density at radius 2 is 2.12 bits per heavy atom. The van der Waals surface area contributed by atoms with Crippen LogP contribution >= 0.6 is 0 Å². The Kier molecular flexibility index (Phi) is 5.06. The predicted octanol–water partition coefficient (Wildman–Crippen LogP) is 2.43. The summed E-state index contributed by atoms with van der Waals surface area (Å²) in [4.78, 5) is 37.5. The van der Waals surface area contributed by atoms with Crippen LogP contribution in [-0.4, -0.2) is 31.4 Å². The molecule has 7 nitrogen and oxygen atoms in total. The summed E-state index contributed by atoms with van der Waals surface area (Å²) in [5.74, 6) is 0.209. The minimum Gasteiger partial charge on any atom is -0.465 e. The van der Waals surface area contributed by atoms with Gasteiger partial charge in [0.05, 0.1) is 13.7 Å². The number of hydrogen-bond donors (Lipinski definition) is 1. The Hall–Kier alpha value is -3.09. The van der Waals surface area contributed by atoms with E-state index in [1.807, 2.05) is 6.07 Å². The average Bonchev–Trinajstić information content (AvgIpc) is 3.24. The summed E-state index contributed by atoms with van der Waals surface area (Å²) in [5, 5.41) is 2.75. The molecule has 1 aliphatic rings. The zero-order valence-corrected chi connectivity index (χ0v) is 14.7. The SMILES string of the molecule is COC(=O)c1cc(CNC(=O)c2cccc(N3CCCC3=O)c2)oc1C. The van der Waals surface area contributed by atoms with Crippen LogP contribution in [0.2, 0.25) is 0 Å². The largest absolute Gasteiger partial charge is 0.465 e. The summed E-state index contributed by atoms with van der Waals surface area (Å²) >= 11 is 0. The molecular weight excluding hydrogens is 336 g/mol. The van der Waals surface area contributed by atoms with Gasteiger partial charge in [-0.1, -0.05) is 6.07 Å². The zero-order valence-electron chi connectivity index (χ0n) is 14.7. The fraction of sp³-hybridized carbons (Fsp3) is 0.316. The van der Waals surface area contributed by atoms with Crippen molar-refractivity contribution in [2.45, 2.75) is 26.3 Å². The van der Waals surface area contributed by atoms with Crippen LogP contribution < -0.4 is 10.2 Å². The smallest absolute Gasteiger partial charge is 0.341 e. The Morgan fingerprint density at radius 1 is 1.31 bits per heavy atom. The highest BCUT2D eigenvalue weighted by molar-refractivity contribution is 5.99. The summed E-state index contributed by atoms with van der Waals surface area (Å²) in [6, 6.07) is 8.51. The van der Waals surface area contributed by atoms with Crippen molar-refractivity contribution in [3.63, 3.8) is 0 Å². The fourth-order valence-corrected chi connectivity index (χ4v) is 2.95. The molecule has 2 aromatic rings. The van der Waals surface area contributed by atoms with Crippen molar-refractivity contribution in [3.8, 4) is 0 Å². The fourth-order valence-electron chi connectivity index (χ4n) is 2.95. The molecular formula is C19H20N2O5. The maximum atomic E-state index is 12.4. The molecule has 1 N–H and O–H groups in total. The Balaban J connectivity index is 1.67. The third-order valence-corrected chi connectivity index (χ3v) is 4.29. The first-order valence-electron chi connectivity index (χ1n) is 8.36. The van der Waals surface area contributed by atoms with Crippen molar-refractivity contribution in [1.82, 2.24) is 5.32 Å². The monoisotopic (exact) mass is 356 g/mol. The molecule has 1 aliphatic heterocycles. The van der Waals surface area contributed by atoms with E-state index in [9.17, 15) is 14.4 Å².